The van der Waals surface area contributed by atoms with E-state index in [2.05, 4.69) is 36.9 Å². The Kier molecular flexibility index (Phi) is 26.8. The molecule has 2 rings (SSSR count). The fourth-order valence-electron chi connectivity index (χ4n) is 9.02. The molecule has 2 heterocycles. The molecule has 10 atom stereocenters. The van der Waals surface area contributed by atoms with Crippen molar-refractivity contribution in [2.45, 2.75) is 200 Å². The predicted octanol–water partition coefficient (Wildman–Crippen LogP) is -1.23. The van der Waals surface area contributed by atoms with Crippen LogP contribution in [0.1, 0.15) is 139 Å². The topological polar surface area (TPSA) is 400 Å². The van der Waals surface area contributed by atoms with Crippen molar-refractivity contribution in [2.75, 3.05) is 19.6 Å². The van der Waals surface area contributed by atoms with Crippen molar-refractivity contribution < 1.29 is 63.3 Å². The molecule has 0 unspecified atom stereocenters. The Morgan fingerprint density at radius 1 is 0.568 bits per heavy atom. The molecular weight excluding hydrogens is 965 g/mol. The van der Waals surface area contributed by atoms with E-state index in [0.717, 1.165) is 0 Å². The molecule has 2 aliphatic rings. The van der Waals surface area contributed by atoms with Gasteiger partial charge in [-0.25, -0.2) is 4.79 Å². The van der Waals surface area contributed by atoms with Gasteiger partial charge in [0.15, 0.2) is 5.96 Å². The summed E-state index contributed by atoms with van der Waals surface area (Å²) in [5.41, 5.74) is 17.2. The van der Waals surface area contributed by atoms with E-state index in [0.29, 0.717) is 32.2 Å². The van der Waals surface area contributed by atoms with Crippen molar-refractivity contribution in [2.24, 2.45) is 45.9 Å². The monoisotopic (exact) mass is 1050 g/mol. The second kappa shape index (κ2) is 30.9. The number of hydrogen-bond acceptors (Lipinski definition) is 13. The highest BCUT2D eigenvalue weighted by atomic mass is 16.4. The molecule has 0 spiro atoms. The maximum Gasteiger partial charge on any atom is 0.326 e. The fraction of sp³-hybridized carbons (Fsp3) is 0.776. The zero-order valence-corrected chi connectivity index (χ0v) is 44.7. The van der Waals surface area contributed by atoms with E-state index >= 15 is 0 Å². The zero-order chi connectivity index (χ0) is 56.1. The van der Waals surface area contributed by atoms with Crippen LogP contribution >= 0.6 is 0 Å². The molecule has 0 saturated carbocycles. The van der Waals surface area contributed by atoms with Crippen molar-refractivity contribution in [1.82, 2.24) is 41.7 Å². The molecule has 0 aromatic carbocycles. The van der Waals surface area contributed by atoms with Crippen LogP contribution in [0.15, 0.2) is 4.99 Å². The van der Waals surface area contributed by atoms with E-state index in [4.69, 9.17) is 17.2 Å². The molecule has 25 heteroatoms. The minimum Gasteiger partial charge on any atom is -0.481 e. The molecule has 0 aromatic heterocycles. The van der Waals surface area contributed by atoms with Crippen molar-refractivity contribution in [3.63, 3.8) is 0 Å². The van der Waals surface area contributed by atoms with Crippen LogP contribution in [0.2, 0.25) is 0 Å². The van der Waals surface area contributed by atoms with Crippen molar-refractivity contribution in [1.29, 1.82) is 0 Å². The van der Waals surface area contributed by atoms with Crippen molar-refractivity contribution in [3.05, 3.63) is 0 Å². The van der Waals surface area contributed by atoms with E-state index in [1.54, 1.807) is 41.5 Å². The number of carboxylic acid groups (broad SMARTS) is 2. The number of carboxylic acids is 2. The van der Waals surface area contributed by atoms with Gasteiger partial charge in [-0.05, 0) is 101 Å². The molecule has 2 fully saturated rings. The van der Waals surface area contributed by atoms with Crippen LogP contribution < -0.4 is 49.1 Å². The Balaban J connectivity index is 2.40. The Hall–Kier alpha value is -6.11. The van der Waals surface area contributed by atoms with E-state index in [1.165, 1.54) is 16.7 Å². The quantitative estimate of drug-likeness (QED) is 0.0220. The lowest BCUT2D eigenvalue weighted by molar-refractivity contribution is -0.147. The summed E-state index contributed by atoms with van der Waals surface area (Å²) >= 11 is 0. The molecule has 8 amide bonds. The lowest BCUT2D eigenvalue weighted by atomic mass is 10.00. The summed E-state index contributed by atoms with van der Waals surface area (Å²) in [6, 6.07) is -11.2. The van der Waals surface area contributed by atoms with Crippen LogP contribution in [-0.2, 0) is 47.9 Å². The standard InChI is InChI=1S/C49H86N12O13/c1-25(2)21-30(50)46(71)61-20-12-15-37(61)47(72)60-19-11-14-36(60)44(69)57-33(22-26(3)4)42(67)55-32(16-17-38(63)64)41(66)54-31(13-10-18-53-49(51)52)40(65)56-34(23-27(5)6)43(68)59-39(29(9)62)45(70)58-35(48(73)74)24-28(7)8/h25-37,39,62H,10-24,50H2,1-9H3,(H,54,66)(H,55,67)(H,56,65)(H,57,69)(H,58,70)(H,59,68)(H,63,64)(H,73,74)(H4,51,52,53)/t29-,30+,31+,32+,33+,34+,35+,36+,37+,39+/m1/s1. The first kappa shape index (κ1) is 64.0. The molecule has 0 aromatic rings. The Labute approximate surface area is 434 Å². The normalized spacial score (nSPS) is 18.9. The van der Waals surface area contributed by atoms with Crippen molar-refractivity contribution in [3.8, 4) is 0 Å². The van der Waals surface area contributed by atoms with Gasteiger partial charge < -0.3 is 74.2 Å². The first-order valence-corrected chi connectivity index (χ1v) is 25.9. The van der Waals surface area contributed by atoms with E-state index in [9.17, 15) is 63.3 Å². The number of rotatable bonds is 31. The predicted molar refractivity (Wildman–Crippen MR) is 273 cm³/mol. The van der Waals surface area contributed by atoms with Gasteiger partial charge in [0.25, 0.3) is 0 Å². The van der Waals surface area contributed by atoms with Crippen LogP contribution in [0.3, 0.4) is 0 Å². The van der Waals surface area contributed by atoms with Gasteiger partial charge in [-0.1, -0.05) is 55.4 Å². The van der Waals surface area contributed by atoms with E-state index in [1.807, 2.05) is 13.8 Å². The molecule has 420 valence electrons. The van der Waals surface area contributed by atoms with Gasteiger partial charge in [0.1, 0.15) is 48.3 Å². The number of guanidine groups is 1. The number of nitrogens with one attached hydrogen (secondary N) is 6. The number of hydrogen-bond donors (Lipinski definition) is 12. The molecule has 74 heavy (non-hydrogen) atoms. The maximum absolute atomic E-state index is 14.2. The number of aliphatic imine (C=N–C) groups is 1. The second-order valence-electron chi connectivity index (χ2n) is 21.3. The lowest BCUT2D eigenvalue weighted by Gasteiger charge is -2.33. The summed E-state index contributed by atoms with van der Waals surface area (Å²) < 4.78 is 0. The van der Waals surface area contributed by atoms with Crippen LogP contribution in [0, 0.1) is 23.7 Å². The Morgan fingerprint density at radius 2 is 1.01 bits per heavy atom. The Bertz CT molecular complexity index is 1980. The Morgan fingerprint density at radius 3 is 1.51 bits per heavy atom. The number of carbonyl (C=O) groups excluding carboxylic acids is 8. The maximum atomic E-state index is 14.2. The third kappa shape index (κ3) is 21.4. The summed E-state index contributed by atoms with van der Waals surface area (Å²) in [4.78, 5) is 142. The number of nitrogens with two attached hydrogens (primary N) is 3. The van der Waals surface area contributed by atoms with Crippen LogP contribution in [0.4, 0.5) is 0 Å². The van der Waals surface area contributed by atoms with Gasteiger partial charge in [0.05, 0.1) is 12.1 Å². The molecule has 0 bridgehead atoms. The number of aliphatic carboxylic acids is 2. The van der Waals surface area contributed by atoms with Gasteiger partial charge in [0.2, 0.25) is 47.3 Å². The summed E-state index contributed by atoms with van der Waals surface area (Å²) in [5, 5.41) is 45.1. The summed E-state index contributed by atoms with van der Waals surface area (Å²) in [6.07, 6.45) is -0.335. The van der Waals surface area contributed by atoms with Gasteiger partial charge >= 0.3 is 11.9 Å². The third-order valence-electron chi connectivity index (χ3n) is 12.6. The molecule has 2 aliphatic heterocycles. The third-order valence-corrected chi connectivity index (χ3v) is 12.6. The second-order valence-corrected chi connectivity index (χ2v) is 21.3. The molecule has 15 N–H and O–H groups in total. The number of aliphatic hydroxyl groups excluding tert-OH is 1. The van der Waals surface area contributed by atoms with Crippen LogP contribution in [0.5, 0.6) is 0 Å². The largest absolute Gasteiger partial charge is 0.481 e. The van der Waals surface area contributed by atoms with Crippen molar-refractivity contribution >= 4 is 65.2 Å². The smallest absolute Gasteiger partial charge is 0.326 e. The summed E-state index contributed by atoms with van der Waals surface area (Å²) in [5.74, 6) is -9.30. The SMILES string of the molecule is CC(C)C[C@H](NC(=O)[C@@H](NC(=O)[C@H](CC(C)C)NC(=O)[C@H](CCCN=C(N)N)NC(=O)[C@H](CCC(=O)O)NC(=O)[C@H](CC(C)C)NC(=O)[C@@H]1CCCN1C(=O)[C@@H]1CCCN1C(=O)[C@@H](N)CC(C)C)[C@@H](C)O)C(=O)O. The molecule has 25 nitrogen and oxygen atoms in total. The average Bonchev–Trinajstić information content (AvgIpc) is 3.99. The van der Waals surface area contributed by atoms with Crippen LogP contribution in [0.25, 0.3) is 0 Å². The van der Waals surface area contributed by atoms with Gasteiger partial charge in [-0.2, -0.15) is 0 Å². The first-order chi connectivity index (χ1) is 34.5. The fourth-order valence-corrected chi connectivity index (χ4v) is 9.02. The van der Waals surface area contributed by atoms with E-state index < -0.39 is 127 Å². The number of likely N-dealkylation sites (tertiary alicyclic amines) is 2. The van der Waals surface area contributed by atoms with Gasteiger partial charge in [-0.15, -0.1) is 0 Å². The first-order valence-electron chi connectivity index (χ1n) is 25.9. The number of carbonyl (C=O) groups is 10. The van der Waals surface area contributed by atoms with Gasteiger partial charge in [0, 0.05) is 26.1 Å². The number of aliphatic hydroxyl groups is 1. The van der Waals surface area contributed by atoms with E-state index in [-0.39, 0.29) is 87.2 Å². The summed E-state index contributed by atoms with van der Waals surface area (Å²) in [7, 11) is 0. The molecule has 0 aliphatic carbocycles. The molecule has 2 saturated heterocycles. The lowest BCUT2D eigenvalue weighted by Crippen LogP contribution is -2.61. The summed E-state index contributed by atoms with van der Waals surface area (Å²) in [6.45, 7) is 16.3. The average molecular weight is 1050 g/mol. The van der Waals surface area contributed by atoms with Crippen LogP contribution in [-0.4, -0.2) is 170 Å². The molecule has 0 radical (unpaired) electrons. The zero-order valence-electron chi connectivity index (χ0n) is 44.7. The number of amides is 8. The highest BCUT2D eigenvalue weighted by Gasteiger charge is 2.44. The highest BCUT2D eigenvalue weighted by molar-refractivity contribution is 5.98. The minimum atomic E-state index is -1.64. The minimum absolute atomic E-state index is 0.000493. The van der Waals surface area contributed by atoms with Gasteiger partial charge in [-0.3, -0.25) is 48.1 Å². The highest BCUT2D eigenvalue weighted by Crippen LogP contribution is 2.26. The number of nitrogens with zero attached hydrogens (tertiary/aromatic N) is 3. The molecular formula is C49H86N12O13.